The summed E-state index contributed by atoms with van der Waals surface area (Å²) >= 11 is 5.75. The highest BCUT2D eigenvalue weighted by atomic mass is 35.5. The molecule has 1 aromatic carbocycles. The van der Waals surface area contributed by atoms with E-state index in [0.29, 0.717) is 46.8 Å². The third kappa shape index (κ3) is 14.1. The third-order valence-corrected chi connectivity index (χ3v) is 21.3. The maximum Gasteiger partial charge on any atom is 0.258 e. The van der Waals surface area contributed by atoms with E-state index < -0.39 is 71.8 Å². The average molecular weight is 1530 g/mol. The highest BCUT2D eigenvalue weighted by molar-refractivity contribution is 7.95. The highest BCUT2D eigenvalue weighted by Gasteiger charge is 2.29. The van der Waals surface area contributed by atoms with Crippen molar-refractivity contribution in [2.45, 2.75) is 6.92 Å². The van der Waals surface area contributed by atoms with Gasteiger partial charge in [0.25, 0.3) is 35.4 Å². The second kappa shape index (κ2) is 28.8. The Bertz CT molecular complexity index is 5810. The number of carbonyl (C=O) groups excluding carboxylic acids is 6. The molecular weight excluding hydrogens is 1490 g/mol. The average Bonchev–Trinajstić information content (AvgIpc) is 1.65. The number of pyridine rings is 5. The molecule has 0 fully saturated rings. The number of nitrogens with one attached hydrogen (secondary N) is 6. The van der Waals surface area contributed by atoms with Gasteiger partial charge in [-0.2, -0.15) is 35.7 Å². The lowest BCUT2D eigenvalue weighted by molar-refractivity contribution is -0.115. The Balaban J connectivity index is 0.000000106. The van der Waals surface area contributed by atoms with Gasteiger partial charge in [-0.1, -0.05) is 17.7 Å². The number of rotatable bonds is 7. The topological polar surface area (TPSA) is 466 Å². The van der Waals surface area contributed by atoms with Gasteiger partial charge < -0.3 is 0 Å². The third-order valence-electron chi connectivity index (χ3n) is 14.7. The zero-order valence-corrected chi connectivity index (χ0v) is 58.2. The highest BCUT2D eigenvalue weighted by Crippen LogP contribution is 2.29. The number of aryl methyl sites for hydroxylation is 2. The molecule has 6 amide bonds. The predicted molar refractivity (Wildman–Crippen MR) is 383 cm³/mol. The molecule has 522 valence electrons. The second-order valence-electron chi connectivity index (χ2n) is 21.5. The number of hydrogen-bond acceptors (Lipinski definition) is 24. The van der Waals surface area contributed by atoms with Gasteiger partial charge in [-0.15, -0.1) is 0 Å². The van der Waals surface area contributed by atoms with Gasteiger partial charge in [0.05, 0.1) is 88.4 Å². The van der Waals surface area contributed by atoms with E-state index in [1.807, 2.05) is 50.5 Å². The van der Waals surface area contributed by atoms with Gasteiger partial charge in [-0.05, 0) is 67.6 Å². The van der Waals surface area contributed by atoms with Crippen molar-refractivity contribution >= 4 is 209 Å². The molecule has 0 spiro atoms. The van der Waals surface area contributed by atoms with Crippen LogP contribution < -0.4 is 28.3 Å². The number of benzene rings is 1. The molecule has 6 aliphatic heterocycles. The zero-order valence-electron chi connectivity index (χ0n) is 52.5. The number of carbonyl (C=O) groups is 6. The van der Waals surface area contributed by atoms with E-state index in [1.165, 1.54) is 70.7 Å². The first kappa shape index (κ1) is 68.6. The molecule has 6 atom stereocenters. The van der Waals surface area contributed by atoms with Crippen LogP contribution in [-0.2, 0) is 102 Å². The van der Waals surface area contributed by atoms with E-state index in [0.717, 1.165) is 66.1 Å². The van der Waals surface area contributed by atoms with E-state index in [4.69, 9.17) is 11.6 Å². The summed E-state index contributed by atoms with van der Waals surface area (Å²) in [6, 6.07) is 20.0. The Morgan fingerprint density at radius 1 is 0.375 bits per heavy atom. The van der Waals surface area contributed by atoms with E-state index in [-0.39, 0.29) is 34.6 Å². The monoisotopic (exact) mass is 1530 g/mol. The molecule has 0 bridgehead atoms. The first-order valence-corrected chi connectivity index (χ1v) is 36.8. The van der Waals surface area contributed by atoms with Crippen LogP contribution in [0.4, 0.5) is 0 Å². The quantitative estimate of drug-likeness (QED) is 0.124. The van der Waals surface area contributed by atoms with Gasteiger partial charge in [-0.3, -0.25) is 81.7 Å². The molecule has 0 saturated heterocycles. The van der Waals surface area contributed by atoms with Gasteiger partial charge in [0, 0.05) is 107 Å². The number of nitrogens with zero attached hydrogens (tertiary/aromatic N) is 19. The fourth-order valence-corrected chi connectivity index (χ4v) is 15.5. The lowest BCUT2D eigenvalue weighted by Gasteiger charge is -2.03. The van der Waals surface area contributed by atoms with E-state index in [9.17, 15) is 54.0 Å². The van der Waals surface area contributed by atoms with Gasteiger partial charge in [0.15, 0.2) is 96.1 Å². The standard InChI is InChI=1S/C14H11N5O2S.C10H8N4O2S.C9H5ClN4O2S.3C9H6N4O2S/c1-18-5-4-11(16-18)9-2-3-12-10(6-9)8-15-19(12)14-7-13(20)17-22(14)21;1-6-2-7-4-12-14(8(7)5-11-6)10-3-9(15)13-17(10)16;10-7-2-1-6-5(12-7)4-11-14(6)9-3-8(15)13-17(9)16;14-8-3-9(16(15)12-8)13-7-1-2-10-4-6(7)5-11-13;14-8-3-9(16(15)12-8)13-7-5-10-2-1-6(7)4-11-13;14-8-4-9(16(15)12-8)13-7-2-1-3-10-6(7)5-11-13/h2-8H,1H3,(H,17,20);2-5H,1H3,(H,13,15);1-4H,(H,13,15);3*1-5H,(H,12,14). The maximum absolute atomic E-state index is 11.9. The zero-order chi connectivity index (χ0) is 72.6. The first-order chi connectivity index (χ1) is 50.2. The van der Waals surface area contributed by atoms with Crippen molar-refractivity contribution in [1.82, 2.24) is 122 Å². The summed E-state index contributed by atoms with van der Waals surface area (Å²) in [6.45, 7) is 1.88. The number of aromatic nitrogens is 19. The minimum atomic E-state index is -1.58. The molecule has 104 heavy (non-hydrogen) atoms. The Labute approximate surface area is 600 Å². The molecular formula is C60H42ClN25O12S6. The Hall–Kier alpha value is -12.6. The van der Waals surface area contributed by atoms with Crippen LogP contribution in [-0.4, -0.2) is 154 Å². The van der Waals surface area contributed by atoms with Crippen molar-refractivity contribution in [1.29, 1.82) is 0 Å². The summed E-state index contributed by atoms with van der Waals surface area (Å²) < 4.78 is 94.0. The second-order valence-corrected chi connectivity index (χ2v) is 28.8. The molecule has 44 heteroatoms. The number of halogens is 1. The smallest absolute Gasteiger partial charge is 0.258 e. The summed E-state index contributed by atoms with van der Waals surface area (Å²) in [7, 11) is -7.45. The molecule has 19 rings (SSSR count). The minimum absolute atomic E-state index is 0.286. The molecule has 0 radical (unpaired) electrons. The predicted octanol–water partition coefficient (Wildman–Crippen LogP) is 2.11. The number of amides is 6. The summed E-state index contributed by atoms with van der Waals surface area (Å²) in [5, 5.41) is 34.8. The SMILES string of the molecule is Cc1cc2cnn(C3=CC(=O)NS3=O)c2cn1.Cn1ccc(-c2ccc3c(cnn3C3=CC(=O)NS3=O)c2)n1.O=C1C=C(n2ncc3ccncc32)S(=O)N1.O=C1C=C(n2ncc3cnccc32)S(=O)N1.O=C1C=C(n2ncc3nc(Cl)ccc32)S(=O)N1.O=C1C=C(n2ncc3ncccc32)S(=O)N1. The fraction of sp³-hybridized carbons (Fsp3) is 0.0333. The molecule has 18 heterocycles. The lowest BCUT2D eigenvalue weighted by Crippen LogP contribution is -2.17. The summed E-state index contributed by atoms with van der Waals surface area (Å²) in [6.07, 6.45) is 29.0. The van der Waals surface area contributed by atoms with Crippen LogP contribution in [0.1, 0.15) is 5.69 Å². The lowest BCUT2D eigenvalue weighted by atomic mass is 10.1. The van der Waals surface area contributed by atoms with Crippen molar-refractivity contribution in [2.75, 3.05) is 0 Å². The Morgan fingerprint density at radius 2 is 0.788 bits per heavy atom. The largest absolute Gasteiger partial charge is 0.275 e. The number of fused-ring (bicyclic) bond motifs is 6. The Morgan fingerprint density at radius 3 is 1.29 bits per heavy atom. The molecule has 12 aromatic heterocycles. The van der Waals surface area contributed by atoms with Crippen LogP contribution >= 0.6 is 11.6 Å². The van der Waals surface area contributed by atoms with Crippen molar-refractivity contribution in [3.8, 4) is 11.3 Å². The first-order valence-electron chi connectivity index (χ1n) is 29.5. The van der Waals surface area contributed by atoms with Gasteiger partial charge in [-0.25, -0.2) is 58.3 Å². The van der Waals surface area contributed by atoms with Crippen molar-refractivity contribution in [3.63, 3.8) is 0 Å². The van der Waals surface area contributed by atoms with Crippen LogP contribution in [0.25, 0.3) is 107 Å². The van der Waals surface area contributed by atoms with Crippen LogP contribution in [0, 0.1) is 6.92 Å². The molecule has 6 N–H and O–H groups in total. The fourth-order valence-electron chi connectivity index (χ4n) is 10.2. The van der Waals surface area contributed by atoms with Crippen LogP contribution in [0.2, 0.25) is 5.15 Å². The van der Waals surface area contributed by atoms with Gasteiger partial charge >= 0.3 is 0 Å². The molecule has 6 unspecified atom stereocenters. The molecule has 37 nitrogen and oxygen atoms in total. The molecule has 13 aromatic rings. The van der Waals surface area contributed by atoms with E-state index in [2.05, 4.69) is 88.9 Å². The Kier molecular flexibility index (Phi) is 19.0. The minimum Gasteiger partial charge on any atom is -0.275 e. The summed E-state index contributed by atoms with van der Waals surface area (Å²) in [5.41, 5.74) is 8.37. The molecule has 6 aliphatic rings. The van der Waals surface area contributed by atoms with Gasteiger partial charge in [0.1, 0.15) is 16.2 Å². The molecule has 0 aliphatic carbocycles. The van der Waals surface area contributed by atoms with Crippen LogP contribution in [0.3, 0.4) is 0 Å². The number of hydrogen-bond donors (Lipinski definition) is 6. The van der Waals surface area contributed by atoms with Crippen LogP contribution in [0.15, 0.2) is 184 Å². The summed E-state index contributed by atoms with van der Waals surface area (Å²) in [5.74, 6) is -2.26. The van der Waals surface area contributed by atoms with Gasteiger partial charge in [0.2, 0.25) is 0 Å². The molecule has 0 saturated carbocycles. The summed E-state index contributed by atoms with van der Waals surface area (Å²) in [4.78, 5) is 86.9. The maximum atomic E-state index is 11.9. The van der Waals surface area contributed by atoms with E-state index >= 15 is 0 Å². The van der Waals surface area contributed by atoms with Crippen LogP contribution in [0.5, 0.6) is 0 Å². The normalized spacial score (nSPS) is 19.3. The van der Waals surface area contributed by atoms with Crippen molar-refractivity contribution in [2.24, 2.45) is 7.05 Å². The van der Waals surface area contributed by atoms with Crippen molar-refractivity contribution in [3.05, 3.63) is 195 Å². The van der Waals surface area contributed by atoms with E-state index in [1.54, 1.807) is 109 Å². The van der Waals surface area contributed by atoms with Crippen molar-refractivity contribution < 1.29 is 54.0 Å².